The molecule has 25 nitrogen and oxygen atoms in total. The molecule has 18 aromatic rings. The number of rotatable bonds is 38. The van der Waals surface area contributed by atoms with E-state index in [4.69, 9.17) is 5.73 Å². The van der Waals surface area contributed by atoms with Crippen LogP contribution in [0.3, 0.4) is 0 Å². The van der Waals surface area contributed by atoms with Crippen LogP contribution in [0.25, 0.3) is 98.1 Å². The van der Waals surface area contributed by atoms with E-state index in [1.807, 2.05) is 154 Å². The second kappa shape index (κ2) is 58.0. The number of nitrogens with zero attached hydrogens (tertiary/aromatic N) is 7. The average Bonchev–Trinajstić information content (AvgIpc) is 1.68. The molecule has 0 atom stereocenters. The molecule has 9 aromatic heterocycles. The lowest BCUT2D eigenvalue weighted by Crippen LogP contribution is -2.28. The van der Waals surface area contributed by atoms with E-state index in [1.165, 1.54) is 67.2 Å². The smallest absolute Gasteiger partial charge is 0.125 e. The molecule has 0 amide bonds. The molecule has 9 aromatic carbocycles. The number of nitrogens with two attached hydrogens (primary N) is 1. The lowest BCUT2D eigenvalue weighted by Gasteiger charge is -2.20. The second-order valence-electron chi connectivity index (χ2n) is 36.9. The molecule has 0 fully saturated rings. The molecule has 0 bridgehead atoms. The molecule has 0 aliphatic rings. The van der Waals surface area contributed by atoms with Gasteiger partial charge in [-0.05, 0) is 314 Å². The molecule has 0 radical (unpaired) electrons. The lowest BCUT2D eigenvalue weighted by molar-refractivity contribution is 0.278. The number of hydrogen-bond donors (Lipinski definition) is 18. The fraction of sp³-hybridized carbons (Fsp3) is 0.339. The Labute approximate surface area is 844 Å². The van der Waals surface area contributed by atoms with Crippen molar-refractivity contribution in [2.45, 2.75) is 112 Å². The first kappa shape index (κ1) is 111. The SMILES string of the molecule is C=CCN(C)CCc1c[nH]c2ccccc12.C=CCN(CC=C)CCc1c[nH]c2ccccc12.CC(C)N(C)CCc1c[nH]c2cccc(O)c12.CCCN(C)CCc1c[nH]c2cccc(O)c12.CCN(C)CCc1c[nH]c2cccc(O)c12.CCN(CC)CCc1c[nH]c2cccc(O)c12.CN(C)CCc1c[nH]c2cccc(O)c12.CNCCc1c[nH]c2cccc(O)c12.NCCc1c[nH]c2cccc(O)c12. The van der Waals surface area contributed by atoms with E-state index in [2.05, 4.69) is 249 Å². The van der Waals surface area contributed by atoms with Crippen LogP contribution in [0.2, 0.25) is 0 Å². The predicted molar refractivity (Wildman–Crippen MR) is 602 cm³/mol. The Morgan fingerprint density at radius 3 is 0.881 bits per heavy atom. The molecule has 9 heterocycles. The number of hydrogen-bond acceptors (Lipinski definition) is 16. The number of phenolic OH excluding ortho intramolecular Hbond substituents is 7. The van der Waals surface area contributed by atoms with Crippen molar-refractivity contribution in [1.82, 2.24) is 84.5 Å². The van der Waals surface area contributed by atoms with E-state index in [1.54, 1.807) is 42.5 Å². The third-order valence-electron chi connectivity index (χ3n) is 26.1. The van der Waals surface area contributed by atoms with Gasteiger partial charge in [0, 0.05) is 225 Å². The first-order valence-electron chi connectivity index (χ1n) is 50.4. The van der Waals surface area contributed by atoms with Crippen molar-refractivity contribution in [3.05, 3.63) is 320 Å². The van der Waals surface area contributed by atoms with E-state index in [-0.39, 0.29) is 0 Å². The van der Waals surface area contributed by atoms with Crippen molar-refractivity contribution in [2.24, 2.45) is 5.73 Å². The van der Waals surface area contributed by atoms with Crippen LogP contribution in [0.1, 0.15) is 98.0 Å². The molecule has 0 spiro atoms. The summed E-state index contributed by atoms with van der Waals surface area (Å²) in [5, 5.41) is 81.0. The number of aromatic nitrogens is 9. The lowest BCUT2D eigenvalue weighted by atomic mass is 10.1. The standard InChI is InChI=1S/C16H20N2.3C14H20N2O.C14H18N2.C13H18N2O.C12H16N2O.C11H14N2O.C10H12N2O/c1-3-10-18(11-4-2)12-9-14-13-17-16-8-6-5-7-15(14)16;1-10(2)16(3)8-7-11-9-15-12-5-4-6-13(17)14(11)12;1-3-8-16(2)9-7-11-10-15-12-5-4-6-13(17)14(11)12;1-3-16(4-2)9-8-11-10-15-12-6-5-7-13(17)14(11)12;1-3-9-16(2)10-8-12-11-15-14-7-5-4-6-13(12)14;1-3-15(2)8-7-10-9-14-11-5-4-6-12(16)13(10)11;1-14(2)7-6-9-8-13-10-4-3-5-11(15)12(9)10;1-12-6-5-8-7-13-9-3-2-4-10(14)11(8)9;11-5-4-7-6-12-8-2-1-3-9(13)10(7)8/h3-8,13,17H,1-2,9-12H2;4-6,9-10,15,17H,7-8H2,1-3H3;4-6,10,15,17H,3,7-9H2,1-2H3;5-7,10,15,17H,3-4,8-9H2,1-2H3;3-7,11,15H,1,8-10H2,2H3;4-6,9,14,16H,3,7-8H2,1-2H3;3-5,8,13,15H,6-7H2,1-2H3;2-4,7,12-14H,5-6H2,1H3;1-3,6,12-13H,4-5,11H2. The number of likely N-dealkylation sites (N-methyl/N-ethyl adjacent to an activating group) is 7. The van der Waals surface area contributed by atoms with Crippen LogP contribution in [-0.2, 0) is 57.8 Å². The first-order chi connectivity index (χ1) is 69.3. The summed E-state index contributed by atoms with van der Waals surface area (Å²) in [5.41, 5.74) is 25.9. The quantitative estimate of drug-likeness (QED) is 0.0160. The molecule has 0 saturated carbocycles. The van der Waals surface area contributed by atoms with Gasteiger partial charge >= 0.3 is 0 Å². The van der Waals surface area contributed by atoms with Crippen molar-refractivity contribution < 1.29 is 35.7 Å². The minimum atomic E-state index is 0.321. The minimum Gasteiger partial charge on any atom is -0.507 e. The number of phenols is 7. The van der Waals surface area contributed by atoms with E-state index >= 15 is 0 Å². The third-order valence-corrected chi connectivity index (χ3v) is 26.1. The summed E-state index contributed by atoms with van der Waals surface area (Å²) in [6.45, 7) is 40.2. The van der Waals surface area contributed by atoms with Gasteiger partial charge in [0.1, 0.15) is 40.2 Å². The van der Waals surface area contributed by atoms with Gasteiger partial charge in [0.05, 0.1) is 0 Å². The summed E-state index contributed by atoms with van der Waals surface area (Å²) in [7, 11) is 14.5. The highest BCUT2D eigenvalue weighted by Crippen LogP contribution is 2.35. The fourth-order valence-electron chi connectivity index (χ4n) is 17.6. The first-order valence-corrected chi connectivity index (χ1v) is 50.4. The van der Waals surface area contributed by atoms with Gasteiger partial charge in [-0.1, -0.05) is 125 Å². The summed E-state index contributed by atoms with van der Waals surface area (Å²) in [4.78, 5) is 44.9. The zero-order valence-electron chi connectivity index (χ0n) is 86.6. The van der Waals surface area contributed by atoms with Gasteiger partial charge in [-0.3, -0.25) is 4.90 Å². The normalized spacial score (nSPS) is 11.3. The Balaban J connectivity index is 0.000000165. The molecular formula is C118H158N18O7. The summed E-state index contributed by atoms with van der Waals surface area (Å²) in [6, 6.07) is 56.4. The Kier molecular flexibility index (Phi) is 45.1. The highest BCUT2D eigenvalue weighted by Gasteiger charge is 2.18. The van der Waals surface area contributed by atoms with Crippen LogP contribution >= 0.6 is 0 Å². The van der Waals surface area contributed by atoms with Gasteiger partial charge in [-0.2, -0.15) is 0 Å². The Bertz CT molecular complexity index is 6740. The number of nitrogens with one attached hydrogen (secondary N) is 10. The molecule has 143 heavy (non-hydrogen) atoms. The molecule has 0 aliphatic heterocycles. The number of fused-ring (bicyclic) bond motifs is 9. The van der Waals surface area contributed by atoms with Crippen molar-refractivity contribution in [2.75, 3.05) is 154 Å². The van der Waals surface area contributed by atoms with Crippen molar-refractivity contribution in [3.63, 3.8) is 0 Å². The van der Waals surface area contributed by atoms with Crippen LogP contribution < -0.4 is 11.1 Å². The van der Waals surface area contributed by atoms with Crippen LogP contribution in [0.5, 0.6) is 40.2 Å². The van der Waals surface area contributed by atoms with Gasteiger partial charge in [0.25, 0.3) is 0 Å². The van der Waals surface area contributed by atoms with Gasteiger partial charge in [0.15, 0.2) is 0 Å². The highest BCUT2D eigenvalue weighted by atomic mass is 16.3. The molecule has 0 saturated heterocycles. The van der Waals surface area contributed by atoms with E-state index in [0.717, 1.165) is 243 Å². The van der Waals surface area contributed by atoms with Crippen LogP contribution in [0.4, 0.5) is 0 Å². The van der Waals surface area contributed by atoms with Crippen LogP contribution in [0.15, 0.2) is 270 Å². The molecule has 19 N–H and O–H groups in total. The fourth-order valence-corrected chi connectivity index (χ4v) is 17.6. The summed E-state index contributed by atoms with van der Waals surface area (Å²) in [5.74, 6) is 2.52. The largest absolute Gasteiger partial charge is 0.507 e. The maximum atomic E-state index is 9.89. The van der Waals surface area contributed by atoms with Crippen molar-refractivity contribution in [1.29, 1.82) is 0 Å². The molecule has 18 rings (SSSR count). The Hall–Kier alpha value is -13.7. The Morgan fingerprint density at radius 1 is 0.294 bits per heavy atom. The van der Waals surface area contributed by atoms with Gasteiger partial charge in [-0.25, -0.2) is 0 Å². The van der Waals surface area contributed by atoms with Gasteiger partial charge < -0.3 is 121 Å². The zero-order chi connectivity index (χ0) is 103. The average molecular weight is 1940 g/mol. The topological polar surface area (TPSA) is 344 Å². The summed E-state index contributed by atoms with van der Waals surface area (Å²) >= 11 is 0. The number of H-pyrrole nitrogens is 9. The van der Waals surface area contributed by atoms with E-state index in [0.29, 0.717) is 52.8 Å². The number of aromatic hydroxyl groups is 7. The Morgan fingerprint density at radius 2 is 0.566 bits per heavy atom. The maximum Gasteiger partial charge on any atom is 0.125 e. The van der Waals surface area contributed by atoms with Crippen LogP contribution in [-0.4, -0.2) is 275 Å². The van der Waals surface area contributed by atoms with E-state index in [9.17, 15) is 35.7 Å². The summed E-state index contributed by atoms with van der Waals surface area (Å²) < 4.78 is 0. The summed E-state index contributed by atoms with van der Waals surface area (Å²) in [6.07, 6.45) is 33.7. The second-order valence-corrected chi connectivity index (χ2v) is 36.9. The molecule has 0 aliphatic carbocycles. The zero-order valence-corrected chi connectivity index (χ0v) is 86.6. The van der Waals surface area contributed by atoms with Crippen LogP contribution in [0, 0.1) is 0 Å². The number of benzene rings is 9. The predicted octanol–water partition coefficient (Wildman–Crippen LogP) is 21.8. The molecular weight excluding hydrogens is 1780 g/mol. The molecule has 25 heteroatoms. The molecule has 762 valence electrons. The van der Waals surface area contributed by atoms with Crippen molar-refractivity contribution >= 4 is 98.1 Å². The number of para-hydroxylation sites is 2. The highest BCUT2D eigenvalue weighted by molar-refractivity contribution is 5.94. The third kappa shape index (κ3) is 32.4. The minimum absolute atomic E-state index is 0.321. The van der Waals surface area contributed by atoms with Gasteiger partial charge in [-0.15, -0.1) is 19.7 Å². The van der Waals surface area contributed by atoms with Gasteiger partial charge in [0.2, 0.25) is 0 Å². The maximum absolute atomic E-state index is 9.89. The molecule has 0 unspecified atom stereocenters. The van der Waals surface area contributed by atoms with Crippen molar-refractivity contribution in [3.8, 4) is 40.2 Å². The monoisotopic (exact) mass is 1940 g/mol. The van der Waals surface area contributed by atoms with E-state index < -0.39 is 0 Å². The number of aromatic amines is 9.